The van der Waals surface area contributed by atoms with Gasteiger partial charge in [-0.3, -0.25) is 0 Å². The number of likely N-dealkylation sites (tertiary alicyclic amines) is 1. The largest absolute Gasteiger partial charge is 0.493 e. The van der Waals surface area contributed by atoms with Crippen LogP contribution in [0.1, 0.15) is 31.2 Å². The predicted octanol–water partition coefficient (Wildman–Crippen LogP) is 3.67. The van der Waals surface area contributed by atoms with Crippen molar-refractivity contribution in [3.8, 4) is 17.6 Å². The van der Waals surface area contributed by atoms with Gasteiger partial charge in [0.25, 0.3) is 0 Å². The van der Waals surface area contributed by atoms with Crippen molar-refractivity contribution >= 4 is 11.6 Å². The highest BCUT2D eigenvalue weighted by Crippen LogP contribution is 2.20. The molecule has 1 fully saturated rings. The van der Waals surface area contributed by atoms with Gasteiger partial charge >= 0.3 is 0 Å². The lowest BCUT2D eigenvalue weighted by atomic mass is 10.0. The maximum atomic E-state index is 13.8. The third kappa shape index (κ3) is 4.91. The minimum absolute atomic E-state index is 0.201. The third-order valence-corrected chi connectivity index (χ3v) is 4.01. The van der Waals surface area contributed by atoms with E-state index in [1.54, 1.807) is 12.1 Å². The molecule has 1 aromatic carbocycles. The van der Waals surface area contributed by atoms with Crippen LogP contribution < -0.4 is 4.74 Å². The summed E-state index contributed by atoms with van der Waals surface area (Å²) in [6.07, 6.45) is 4.77. The molecule has 21 heavy (non-hydrogen) atoms. The van der Waals surface area contributed by atoms with Crippen LogP contribution in [0.4, 0.5) is 4.39 Å². The Bertz CT molecular complexity index is 523. The number of benzene rings is 1. The zero-order valence-corrected chi connectivity index (χ0v) is 13.1. The number of rotatable bonds is 4. The molecule has 0 radical (unpaired) electrons. The topological polar surface area (TPSA) is 12.5 Å². The maximum absolute atomic E-state index is 13.8. The lowest BCUT2D eigenvalue weighted by Crippen LogP contribution is -2.37. The Morgan fingerprint density at radius 2 is 2.29 bits per heavy atom. The lowest BCUT2D eigenvalue weighted by molar-refractivity contribution is 0.153. The van der Waals surface area contributed by atoms with Crippen LogP contribution in [0.15, 0.2) is 18.2 Å². The average molecular weight is 310 g/mol. The van der Waals surface area contributed by atoms with E-state index in [2.05, 4.69) is 23.8 Å². The van der Waals surface area contributed by atoms with E-state index >= 15 is 0 Å². The van der Waals surface area contributed by atoms with Crippen molar-refractivity contribution in [1.82, 2.24) is 4.90 Å². The molecular weight excluding hydrogens is 289 g/mol. The van der Waals surface area contributed by atoms with Crippen LogP contribution in [-0.4, -0.2) is 37.0 Å². The van der Waals surface area contributed by atoms with Gasteiger partial charge in [0.1, 0.15) is 11.6 Å². The molecule has 1 atom stereocenters. The van der Waals surface area contributed by atoms with E-state index in [4.69, 9.17) is 16.3 Å². The van der Waals surface area contributed by atoms with Gasteiger partial charge in [-0.05, 0) is 45.0 Å². The lowest BCUT2D eigenvalue weighted by Gasteiger charge is -2.32. The Morgan fingerprint density at radius 3 is 3.00 bits per heavy atom. The molecule has 0 amide bonds. The summed E-state index contributed by atoms with van der Waals surface area (Å²) in [6.45, 7) is 1.77. The highest BCUT2D eigenvalue weighted by molar-refractivity contribution is 6.19. The predicted molar refractivity (Wildman–Crippen MR) is 84.4 cm³/mol. The Morgan fingerprint density at radius 1 is 1.43 bits per heavy atom. The molecule has 0 aliphatic carbocycles. The molecule has 4 heteroatoms. The molecule has 1 aliphatic rings. The first-order chi connectivity index (χ1) is 10.2. The molecule has 1 heterocycles. The second-order valence-electron chi connectivity index (χ2n) is 5.34. The molecule has 0 bridgehead atoms. The zero-order valence-electron chi connectivity index (χ0n) is 12.4. The quantitative estimate of drug-likeness (QED) is 0.621. The van der Waals surface area contributed by atoms with Gasteiger partial charge in [-0.2, -0.15) is 0 Å². The van der Waals surface area contributed by atoms with Crippen molar-refractivity contribution in [3.05, 3.63) is 29.6 Å². The van der Waals surface area contributed by atoms with Crippen molar-refractivity contribution in [2.24, 2.45) is 0 Å². The standard InChI is InChI=1S/C17H21ClFNO/c1-20-11-3-2-6-15(20)9-12-21-16-8-7-14(5-4-10-18)17(19)13-16/h7-8,13,15H,2-3,6,9-12H2,1H3. The van der Waals surface area contributed by atoms with E-state index in [1.807, 2.05) is 0 Å². The molecule has 1 aliphatic heterocycles. The monoisotopic (exact) mass is 309 g/mol. The van der Waals surface area contributed by atoms with Crippen molar-refractivity contribution in [1.29, 1.82) is 0 Å². The van der Waals surface area contributed by atoms with Crippen LogP contribution in [0.2, 0.25) is 0 Å². The van der Waals surface area contributed by atoms with Gasteiger partial charge in [-0.15, -0.1) is 11.6 Å². The number of alkyl halides is 1. The first-order valence-electron chi connectivity index (χ1n) is 7.38. The first-order valence-corrected chi connectivity index (χ1v) is 7.91. The smallest absolute Gasteiger partial charge is 0.142 e. The molecule has 1 aromatic rings. The van der Waals surface area contributed by atoms with E-state index in [-0.39, 0.29) is 11.7 Å². The average Bonchev–Trinajstić information content (AvgIpc) is 2.48. The van der Waals surface area contributed by atoms with Gasteiger partial charge in [-0.25, -0.2) is 4.39 Å². The summed E-state index contributed by atoms with van der Waals surface area (Å²) in [6, 6.07) is 5.36. The van der Waals surface area contributed by atoms with Crippen molar-refractivity contribution in [2.75, 3.05) is 26.1 Å². The van der Waals surface area contributed by atoms with Gasteiger partial charge < -0.3 is 9.64 Å². The summed E-state index contributed by atoms with van der Waals surface area (Å²) in [7, 11) is 2.16. The summed E-state index contributed by atoms with van der Waals surface area (Å²) in [5.41, 5.74) is 0.356. The number of piperidine rings is 1. The highest BCUT2D eigenvalue weighted by atomic mass is 35.5. The van der Waals surface area contributed by atoms with E-state index < -0.39 is 0 Å². The molecule has 0 spiro atoms. The fourth-order valence-electron chi connectivity index (χ4n) is 2.64. The normalized spacial score (nSPS) is 18.9. The molecule has 0 saturated carbocycles. The molecule has 1 unspecified atom stereocenters. The molecule has 2 nitrogen and oxygen atoms in total. The Labute approximate surface area is 131 Å². The fraction of sp³-hybridized carbons (Fsp3) is 0.529. The van der Waals surface area contributed by atoms with E-state index in [1.165, 1.54) is 25.3 Å². The number of ether oxygens (including phenoxy) is 1. The SMILES string of the molecule is CN1CCCCC1CCOc1ccc(C#CCCl)c(F)c1. The van der Waals surface area contributed by atoms with Crippen molar-refractivity contribution < 1.29 is 9.13 Å². The summed E-state index contributed by atoms with van der Waals surface area (Å²) < 4.78 is 19.4. The number of hydrogen-bond donors (Lipinski definition) is 0. The van der Waals surface area contributed by atoms with Gasteiger partial charge in [-0.1, -0.05) is 18.3 Å². The minimum atomic E-state index is -0.361. The second-order valence-corrected chi connectivity index (χ2v) is 5.61. The molecule has 0 N–H and O–H groups in total. The summed E-state index contributed by atoms with van der Waals surface area (Å²) in [4.78, 5) is 2.39. The van der Waals surface area contributed by atoms with Crippen LogP contribution in [-0.2, 0) is 0 Å². The highest BCUT2D eigenvalue weighted by Gasteiger charge is 2.18. The van der Waals surface area contributed by atoms with Crippen LogP contribution >= 0.6 is 11.6 Å². The van der Waals surface area contributed by atoms with Crippen LogP contribution in [0.25, 0.3) is 0 Å². The Kier molecular flexibility index (Phi) is 6.35. The maximum Gasteiger partial charge on any atom is 0.142 e. The molecule has 114 valence electrons. The zero-order chi connectivity index (χ0) is 15.1. The van der Waals surface area contributed by atoms with E-state index in [9.17, 15) is 4.39 Å². The first kappa shape index (κ1) is 16.1. The summed E-state index contributed by atoms with van der Waals surface area (Å²) >= 11 is 5.46. The Balaban J connectivity index is 1.84. The number of hydrogen-bond acceptors (Lipinski definition) is 2. The van der Waals surface area contributed by atoms with Crippen molar-refractivity contribution in [3.63, 3.8) is 0 Å². The summed E-state index contributed by atoms with van der Waals surface area (Å²) in [5.74, 6) is 5.73. The number of nitrogens with zero attached hydrogens (tertiary/aromatic N) is 1. The van der Waals surface area contributed by atoms with Crippen LogP contribution in [0.3, 0.4) is 0 Å². The van der Waals surface area contributed by atoms with E-state index in [0.29, 0.717) is 24.0 Å². The molecule has 1 saturated heterocycles. The second kappa shape index (κ2) is 8.26. The van der Waals surface area contributed by atoms with Gasteiger partial charge in [0.05, 0.1) is 18.1 Å². The summed E-state index contributed by atoms with van der Waals surface area (Å²) in [5, 5.41) is 0. The Hall–Kier alpha value is -1.24. The number of halogens is 2. The molecular formula is C17H21ClFNO. The minimum Gasteiger partial charge on any atom is -0.493 e. The van der Waals surface area contributed by atoms with Crippen LogP contribution in [0, 0.1) is 17.7 Å². The van der Waals surface area contributed by atoms with Gasteiger partial charge in [0, 0.05) is 12.1 Å². The third-order valence-electron chi connectivity index (χ3n) is 3.87. The van der Waals surface area contributed by atoms with E-state index in [0.717, 1.165) is 13.0 Å². The van der Waals surface area contributed by atoms with Gasteiger partial charge in [0.2, 0.25) is 0 Å². The fourth-order valence-corrected chi connectivity index (χ4v) is 2.70. The van der Waals surface area contributed by atoms with Gasteiger partial charge in [0.15, 0.2) is 0 Å². The molecule has 2 rings (SSSR count). The molecule has 0 aromatic heterocycles. The van der Waals surface area contributed by atoms with Crippen LogP contribution in [0.5, 0.6) is 5.75 Å². The van der Waals surface area contributed by atoms with Crippen molar-refractivity contribution in [2.45, 2.75) is 31.7 Å².